The molecule has 0 bridgehead atoms. The van der Waals surface area contributed by atoms with Crippen LogP contribution < -0.4 is 5.56 Å². The van der Waals surface area contributed by atoms with Gasteiger partial charge >= 0.3 is 0 Å². The molecule has 2 atom stereocenters. The predicted octanol–water partition coefficient (Wildman–Crippen LogP) is -0.109. The van der Waals surface area contributed by atoms with Gasteiger partial charge in [0.1, 0.15) is 0 Å². The van der Waals surface area contributed by atoms with Crippen LogP contribution in [-0.2, 0) is 7.05 Å². The van der Waals surface area contributed by atoms with E-state index < -0.39 is 23.2 Å². The molecule has 1 fully saturated rings. The van der Waals surface area contributed by atoms with Gasteiger partial charge in [0.05, 0.1) is 22.7 Å². The first-order valence-corrected chi connectivity index (χ1v) is 7.47. The molecule has 1 saturated heterocycles. The Morgan fingerprint density at radius 3 is 2.78 bits per heavy atom. The second-order valence-electron chi connectivity index (χ2n) is 6.19. The number of hydrogen-bond donors (Lipinski definition) is 2. The lowest BCUT2D eigenvalue weighted by Crippen LogP contribution is -2.55. The Hall–Kier alpha value is -2.25. The second kappa shape index (κ2) is 5.43. The summed E-state index contributed by atoms with van der Waals surface area (Å²) in [5, 5.41) is 19.9. The van der Waals surface area contributed by atoms with E-state index in [1.54, 1.807) is 31.3 Å². The van der Waals surface area contributed by atoms with Crippen molar-refractivity contribution >= 4 is 16.9 Å². The number of carbonyl (C=O) groups excluding carboxylic acids is 1. The molecule has 0 unspecified atom stereocenters. The van der Waals surface area contributed by atoms with E-state index in [4.69, 9.17) is 0 Å². The highest BCUT2D eigenvalue weighted by Crippen LogP contribution is 2.22. The van der Waals surface area contributed by atoms with Crippen LogP contribution in [0.5, 0.6) is 0 Å². The van der Waals surface area contributed by atoms with E-state index in [1.165, 1.54) is 16.4 Å². The molecular formula is C16H19N3O4. The number of aryl methyl sites for hydroxylation is 1. The maximum atomic E-state index is 12.6. The average Bonchev–Trinajstić information content (AvgIpc) is 2.53. The minimum absolute atomic E-state index is 0.0243. The lowest BCUT2D eigenvalue weighted by atomic mass is 9.90. The van der Waals surface area contributed by atoms with Gasteiger partial charge in [0.2, 0.25) is 0 Å². The van der Waals surface area contributed by atoms with Crippen LogP contribution >= 0.6 is 0 Å². The molecule has 122 valence electrons. The molecule has 7 nitrogen and oxygen atoms in total. The lowest BCUT2D eigenvalue weighted by molar-refractivity contribution is -0.1000. The summed E-state index contributed by atoms with van der Waals surface area (Å²) < 4.78 is 1.39. The smallest absolute Gasteiger partial charge is 0.282 e. The summed E-state index contributed by atoms with van der Waals surface area (Å²) in [6, 6.07) is 7.09. The third-order valence-corrected chi connectivity index (χ3v) is 4.47. The van der Waals surface area contributed by atoms with Crippen LogP contribution in [-0.4, -0.2) is 55.4 Å². The van der Waals surface area contributed by atoms with Crippen LogP contribution in [0.2, 0.25) is 0 Å². The van der Waals surface area contributed by atoms with Gasteiger partial charge in [-0.05, 0) is 25.5 Å². The SMILES string of the molecule is Cn1c(=O)c(C(=O)N2CC[C@@](C)(O)[C@@H](O)C2)nc2ccccc21. The average molecular weight is 317 g/mol. The molecule has 3 rings (SSSR count). The van der Waals surface area contributed by atoms with Crippen LogP contribution in [0, 0.1) is 0 Å². The zero-order valence-electron chi connectivity index (χ0n) is 13.1. The number of amides is 1. The van der Waals surface area contributed by atoms with Crippen molar-refractivity contribution in [1.29, 1.82) is 0 Å². The molecule has 23 heavy (non-hydrogen) atoms. The molecule has 0 aliphatic carbocycles. The number of β-amino-alcohol motifs (C(OH)–C–C–N with tert-alkyl or cyclic N) is 1. The molecule has 0 saturated carbocycles. The zero-order valence-corrected chi connectivity index (χ0v) is 13.1. The predicted molar refractivity (Wildman–Crippen MR) is 84.1 cm³/mol. The van der Waals surface area contributed by atoms with Crippen molar-refractivity contribution in [3.05, 3.63) is 40.3 Å². The van der Waals surface area contributed by atoms with Crippen LogP contribution in [0.4, 0.5) is 0 Å². The minimum atomic E-state index is -1.22. The van der Waals surface area contributed by atoms with E-state index in [1.807, 2.05) is 0 Å². The highest BCUT2D eigenvalue weighted by atomic mass is 16.3. The standard InChI is InChI=1S/C16H19N3O4/c1-16(23)7-8-19(9-12(16)20)15(22)13-14(21)18(2)11-6-4-3-5-10(11)17-13/h3-6,12,20,23H,7-9H2,1-2H3/t12-,16+/m0/s1. The number of aliphatic hydroxyl groups is 2. The summed E-state index contributed by atoms with van der Waals surface area (Å²) >= 11 is 0. The fourth-order valence-corrected chi connectivity index (χ4v) is 2.78. The number of fused-ring (bicyclic) bond motifs is 1. The fourth-order valence-electron chi connectivity index (χ4n) is 2.78. The summed E-state index contributed by atoms with van der Waals surface area (Å²) in [7, 11) is 1.60. The summed E-state index contributed by atoms with van der Waals surface area (Å²) in [6.07, 6.45) is -0.808. The van der Waals surface area contributed by atoms with E-state index in [-0.39, 0.29) is 25.2 Å². The first-order valence-electron chi connectivity index (χ1n) is 7.47. The van der Waals surface area contributed by atoms with E-state index in [9.17, 15) is 19.8 Å². The molecule has 0 radical (unpaired) electrons. The van der Waals surface area contributed by atoms with E-state index in [0.717, 1.165) is 0 Å². The first-order chi connectivity index (χ1) is 10.8. The molecule has 1 aliphatic heterocycles. The monoisotopic (exact) mass is 317 g/mol. The van der Waals surface area contributed by atoms with Crippen molar-refractivity contribution in [2.45, 2.75) is 25.0 Å². The minimum Gasteiger partial charge on any atom is -0.388 e. The Morgan fingerprint density at radius 2 is 2.09 bits per heavy atom. The molecule has 1 aliphatic rings. The molecule has 1 aromatic carbocycles. The van der Waals surface area contributed by atoms with Crippen molar-refractivity contribution in [3.8, 4) is 0 Å². The summed E-state index contributed by atoms with van der Waals surface area (Å²) in [5.74, 6) is -0.522. The second-order valence-corrected chi connectivity index (χ2v) is 6.19. The van der Waals surface area contributed by atoms with Gasteiger partial charge in [-0.25, -0.2) is 4.98 Å². The van der Waals surface area contributed by atoms with Crippen molar-refractivity contribution in [2.75, 3.05) is 13.1 Å². The Kier molecular flexibility index (Phi) is 3.69. The Morgan fingerprint density at radius 1 is 1.39 bits per heavy atom. The Labute approximate surface area is 132 Å². The van der Waals surface area contributed by atoms with Gasteiger partial charge < -0.3 is 19.7 Å². The van der Waals surface area contributed by atoms with Gasteiger partial charge in [-0.1, -0.05) is 12.1 Å². The lowest BCUT2D eigenvalue weighted by Gasteiger charge is -2.39. The number of aliphatic hydroxyl groups excluding tert-OH is 1. The Balaban J connectivity index is 1.99. The van der Waals surface area contributed by atoms with Crippen molar-refractivity contribution < 1.29 is 15.0 Å². The summed E-state index contributed by atoms with van der Waals surface area (Å²) in [4.78, 5) is 30.6. The first kappa shape index (κ1) is 15.6. The van der Waals surface area contributed by atoms with Crippen LogP contribution in [0.25, 0.3) is 11.0 Å². The maximum absolute atomic E-state index is 12.6. The molecule has 2 N–H and O–H groups in total. The van der Waals surface area contributed by atoms with Gasteiger partial charge in [0.25, 0.3) is 11.5 Å². The normalized spacial score (nSPS) is 24.9. The molecule has 7 heteroatoms. The zero-order chi connectivity index (χ0) is 16.8. The number of benzene rings is 1. The molecule has 2 heterocycles. The number of likely N-dealkylation sites (tertiary alicyclic amines) is 1. The fraction of sp³-hybridized carbons (Fsp3) is 0.438. The molecule has 0 spiro atoms. The number of rotatable bonds is 1. The van der Waals surface area contributed by atoms with Crippen LogP contribution in [0.3, 0.4) is 0 Å². The van der Waals surface area contributed by atoms with Gasteiger partial charge in [-0.3, -0.25) is 9.59 Å². The quantitative estimate of drug-likeness (QED) is 0.765. The van der Waals surface area contributed by atoms with E-state index in [2.05, 4.69) is 4.98 Å². The number of piperidine rings is 1. The number of nitrogens with zero attached hydrogens (tertiary/aromatic N) is 3. The Bertz CT molecular complexity index is 828. The van der Waals surface area contributed by atoms with Crippen molar-refractivity contribution in [1.82, 2.24) is 14.5 Å². The largest absolute Gasteiger partial charge is 0.388 e. The molecular weight excluding hydrogens is 298 g/mol. The van der Waals surface area contributed by atoms with Gasteiger partial charge in [0.15, 0.2) is 5.69 Å². The highest BCUT2D eigenvalue weighted by molar-refractivity contribution is 5.94. The summed E-state index contributed by atoms with van der Waals surface area (Å²) in [6.45, 7) is 1.77. The van der Waals surface area contributed by atoms with Gasteiger partial charge in [-0.15, -0.1) is 0 Å². The van der Waals surface area contributed by atoms with E-state index in [0.29, 0.717) is 11.0 Å². The maximum Gasteiger partial charge on any atom is 0.282 e. The van der Waals surface area contributed by atoms with Crippen molar-refractivity contribution in [3.63, 3.8) is 0 Å². The number of aromatic nitrogens is 2. The molecule has 1 amide bonds. The highest BCUT2D eigenvalue weighted by Gasteiger charge is 2.38. The third-order valence-electron chi connectivity index (χ3n) is 4.47. The summed E-state index contributed by atoms with van der Waals surface area (Å²) in [5.41, 5.74) is -0.655. The van der Waals surface area contributed by atoms with E-state index >= 15 is 0 Å². The topological polar surface area (TPSA) is 95.7 Å². The number of carbonyl (C=O) groups is 1. The van der Waals surface area contributed by atoms with Crippen LogP contribution in [0.1, 0.15) is 23.8 Å². The number of hydrogen-bond acceptors (Lipinski definition) is 5. The molecule has 2 aromatic rings. The number of para-hydroxylation sites is 2. The van der Waals surface area contributed by atoms with Crippen molar-refractivity contribution in [2.24, 2.45) is 7.05 Å². The van der Waals surface area contributed by atoms with Crippen LogP contribution in [0.15, 0.2) is 29.1 Å². The molecule has 1 aromatic heterocycles. The van der Waals surface area contributed by atoms with Gasteiger partial charge in [0, 0.05) is 20.1 Å². The third kappa shape index (κ3) is 2.62. The van der Waals surface area contributed by atoms with Gasteiger partial charge in [-0.2, -0.15) is 0 Å².